The first-order chi connectivity index (χ1) is 21.0. The topological polar surface area (TPSA) is 44.8 Å². The van der Waals surface area contributed by atoms with E-state index in [2.05, 4.69) is 32.9 Å². The number of carbonyl (C=O) groups is 1. The van der Waals surface area contributed by atoms with Crippen LogP contribution in [0.5, 0.6) is 11.5 Å². The summed E-state index contributed by atoms with van der Waals surface area (Å²) in [6.45, 7) is 6.51. The SMILES string of the molecule is CCCCCCCCCCC(OC(=O)c1ccc(OC(C)CCCCCC)c(Cl)c1)Oc1ccc(-c2ccccc2)cc1. The molecule has 0 fully saturated rings. The zero-order chi connectivity index (χ0) is 30.7. The van der Waals surface area contributed by atoms with Gasteiger partial charge in [-0.1, -0.05) is 132 Å². The second-order valence-corrected chi connectivity index (χ2v) is 11.9. The molecule has 0 saturated heterocycles. The number of halogens is 1. The molecule has 0 aliphatic heterocycles. The smallest absolute Gasteiger partial charge is 0.341 e. The van der Waals surface area contributed by atoms with Crippen molar-refractivity contribution in [3.05, 3.63) is 83.4 Å². The molecule has 0 aromatic heterocycles. The molecule has 3 aromatic carbocycles. The average Bonchev–Trinajstić information content (AvgIpc) is 3.02. The van der Waals surface area contributed by atoms with Gasteiger partial charge >= 0.3 is 5.97 Å². The van der Waals surface area contributed by atoms with Crippen LogP contribution in [0.15, 0.2) is 72.8 Å². The summed E-state index contributed by atoms with van der Waals surface area (Å²) in [5.74, 6) is 0.810. The van der Waals surface area contributed by atoms with Crippen LogP contribution >= 0.6 is 11.6 Å². The average molecular weight is 607 g/mol. The quantitative estimate of drug-likeness (QED) is 0.0687. The zero-order valence-corrected chi connectivity index (χ0v) is 27.2. The van der Waals surface area contributed by atoms with Crippen LogP contribution in [0, 0.1) is 0 Å². The van der Waals surface area contributed by atoms with Crippen molar-refractivity contribution in [3.63, 3.8) is 0 Å². The first kappa shape index (κ1) is 34.5. The molecule has 4 nitrogen and oxygen atoms in total. The van der Waals surface area contributed by atoms with Gasteiger partial charge in [0.25, 0.3) is 0 Å². The number of rotatable bonds is 21. The van der Waals surface area contributed by atoms with E-state index in [1.54, 1.807) is 18.2 Å². The summed E-state index contributed by atoms with van der Waals surface area (Å²) < 4.78 is 18.2. The van der Waals surface area contributed by atoms with Gasteiger partial charge in [0.15, 0.2) is 0 Å². The Morgan fingerprint density at radius 1 is 0.674 bits per heavy atom. The van der Waals surface area contributed by atoms with Crippen molar-refractivity contribution in [2.24, 2.45) is 0 Å². The number of hydrogen-bond acceptors (Lipinski definition) is 4. The number of ether oxygens (including phenoxy) is 3. The molecule has 0 aliphatic carbocycles. The summed E-state index contributed by atoms with van der Waals surface area (Å²) in [4.78, 5) is 13.2. The molecule has 234 valence electrons. The minimum Gasteiger partial charge on any atom is -0.489 e. The van der Waals surface area contributed by atoms with Crippen LogP contribution in [0.1, 0.15) is 121 Å². The highest BCUT2D eigenvalue weighted by Gasteiger charge is 2.19. The Kier molecular flexibility index (Phi) is 16.1. The monoisotopic (exact) mass is 606 g/mol. The molecule has 3 aromatic rings. The van der Waals surface area contributed by atoms with E-state index in [9.17, 15) is 4.79 Å². The van der Waals surface area contributed by atoms with Crippen molar-refractivity contribution >= 4 is 17.6 Å². The van der Waals surface area contributed by atoms with Gasteiger partial charge in [-0.05, 0) is 67.6 Å². The number of benzene rings is 3. The molecule has 5 heteroatoms. The van der Waals surface area contributed by atoms with Gasteiger partial charge in [-0.3, -0.25) is 0 Å². The highest BCUT2D eigenvalue weighted by molar-refractivity contribution is 6.32. The standard InChI is InChI=1S/C38H51ClO4/c1-4-6-8-10-11-12-13-18-22-37(42-34-26-23-32(24-27-34)31-20-16-14-17-21-31)43-38(40)33-25-28-36(35(39)29-33)41-30(3)19-15-9-7-5-2/h14,16-17,20-21,23-30,37H,4-13,15,18-19,22H2,1-3H3. The van der Waals surface area contributed by atoms with E-state index >= 15 is 0 Å². The van der Waals surface area contributed by atoms with Crippen LogP contribution < -0.4 is 9.47 Å². The number of unbranched alkanes of at least 4 members (excludes halogenated alkanes) is 10. The summed E-state index contributed by atoms with van der Waals surface area (Å²) >= 11 is 6.53. The Labute approximate surface area is 265 Å². The Morgan fingerprint density at radius 2 is 1.26 bits per heavy atom. The van der Waals surface area contributed by atoms with Gasteiger partial charge < -0.3 is 14.2 Å². The predicted octanol–water partition coefficient (Wildman–Crippen LogP) is 11.8. The molecular weight excluding hydrogens is 556 g/mol. The first-order valence-corrected chi connectivity index (χ1v) is 16.9. The van der Waals surface area contributed by atoms with Gasteiger partial charge in [0.2, 0.25) is 6.29 Å². The van der Waals surface area contributed by atoms with Gasteiger partial charge in [0.05, 0.1) is 16.7 Å². The van der Waals surface area contributed by atoms with Crippen molar-refractivity contribution in [2.45, 2.75) is 123 Å². The van der Waals surface area contributed by atoms with Crippen molar-refractivity contribution in [1.29, 1.82) is 0 Å². The molecule has 3 rings (SSSR count). The Hall–Kier alpha value is -2.98. The molecule has 43 heavy (non-hydrogen) atoms. The van der Waals surface area contributed by atoms with E-state index in [-0.39, 0.29) is 6.10 Å². The maximum Gasteiger partial charge on any atom is 0.341 e. The van der Waals surface area contributed by atoms with Crippen LogP contribution in [0.2, 0.25) is 5.02 Å². The summed E-state index contributed by atoms with van der Waals surface area (Å²) in [5, 5.41) is 0.409. The molecule has 2 unspecified atom stereocenters. The summed E-state index contributed by atoms with van der Waals surface area (Å²) in [7, 11) is 0. The van der Waals surface area contributed by atoms with E-state index in [4.69, 9.17) is 25.8 Å². The largest absolute Gasteiger partial charge is 0.489 e. The molecule has 0 spiro atoms. The number of carbonyl (C=O) groups excluding carboxylic acids is 1. The summed E-state index contributed by atoms with van der Waals surface area (Å²) in [6, 6.07) is 23.3. The zero-order valence-electron chi connectivity index (χ0n) is 26.5. The molecule has 0 radical (unpaired) electrons. The summed E-state index contributed by atoms with van der Waals surface area (Å²) in [5.41, 5.74) is 2.64. The van der Waals surface area contributed by atoms with Crippen molar-refractivity contribution < 1.29 is 19.0 Å². The van der Waals surface area contributed by atoms with E-state index in [1.807, 2.05) is 42.5 Å². The third-order valence-electron chi connectivity index (χ3n) is 7.72. The normalized spacial score (nSPS) is 12.5. The van der Waals surface area contributed by atoms with Crippen molar-refractivity contribution in [2.75, 3.05) is 0 Å². The van der Waals surface area contributed by atoms with Gasteiger partial charge in [0.1, 0.15) is 11.5 Å². The van der Waals surface area contributed by atoms with E-state index in [0.29, 0.717) is 28.5 Å². The van der Waals surface area contributed by atoms with Crippen molar-refractivity contribution in [3.8, 4) is 22.6 Å². The molecule has 0 bridgehead atoms. The van der Waals surface area contributed by atoms with E-state index in [1.165, 1.54) is 57.8 Å². The minimum absolute atomic E-state index is 0.0601. The van der Waals surface area contributed by atoms with Gasteiger partial charge in [0, 0.05) is 6.42 Å². The lowest BCUT2D eigenvalue weighted by molar-refractivity contribution is -0.0533. The maximum atomic E-state index is 13.2. The lowest BCUT2D eigenvalue weighted by Crippen LogP contribution is -2.24. The minimum atomic E-state index is -0.687. The van der Waals surface area contributed by atoms with Crippen LogP contribution in [0.25, 0.3) is 11.1 Å². The molecule has 0 heterocycles. The molecular formula is C38H51ClO4. The highest BCUT2D eigenvalue weighted by atomic mass is 35.5. The first-order valence-electron chi connectivity index (χ1n) is 16.5. The van der Waals surface area contributed by atoms with Crippen LogP contribution in [-0.2, 0) is 4.74 Å². The second-order valence-electron chi connectivity index (χ2n) is 11.5. The molecule has 0 amide bonds. The van der Waals surface area contributed by atoms with E-state index in [0.717, 1.165) is 36.8 Å². The number of esters is 1. The molecule has 0 N–H and O–H groups in total. The van der Waals surface area contributed by atoms with Crippen molar-refractivity contribution in [1.82, 2.24) is 0 Å². The van der Waals surface area contributed by atoms with E-state index < -0.39 is 12.3 Å². The lowest BCUT2D eigenvalue weighted by Gasteiger charge is -2.20. The Morgan fingerprint density at radius 3 is 1.91 bits per heavy atom. The molecule has 2 atom stereocenters. The third-order valence-corrected chi connectivity index (χ3v) is 8.02. The maximum absolute atomic E-state index is 13.2. The van der Waals surface area contributed by atoms with Gasteiger partial charge in [-0.2, -0.15) is 0 Å². The van der Waals surface area contributed by atoms with Gasteiger partial charge in [-0.25, -0.2) is 4.79 Å². The van der Waals surface area contributed by atoms with Crippen LogP contribution in [0.4, 0.5) is 0 Å². The molecule has 0 saturated carbocycles. The van der Waals surface area contributed by atoms with Crippen LogP contribution in [0.3, 0.4) is 0 Å². The fraction of sp³-hybridized carbons (Fsp3) is 0.500. The molecule has 0 aliphatic rings. The van der Waals surface area contributed by atoms with Crippen LogP contribution in [-0.4, -0.2) is 18.4 Å². The summed E-state index contributed by atoms with van der Waals surface area (Å²) in [6.07, 6.45) is 15.4. The third kappa shape index (κ3) is 13.0. The lowest BCUT2D eigenvalue weighted by atomic mass is 10.1. The Balaban J connectivity index is 1.59. The van der Waals surface area contributed by atoms with Gasteiger partial charge in [-0.15, -0.1) is 0 Å². The second kappa shape index (κ2) is 20.1. The highest BCUT2D eigenvalue weighted by Crippen LogP contribution is 2.29. The Bertz CT molecular complexity index is 1180. The fourth-order valence-electron chi connectivity index (χ4n) is 5.14. The fourth-order valence-corrected chi connectivity index (χ4v) is 5.37. The predicted molar refractivity (Wildman–Crippen MR) is 179 cm³/mol. The number of hydrogen-bond donors (Lipinski definition) is 0.